The molecule has 1 unspecified atom stereocenters. The summed E-state index contributed by atoms with van der Waals surface area (Å²) in [6, 6.07) is 23.4. The Kier molecular flexibility index (Phi) is 10.8. The Balaban J connectivity index is 1.21. The molecule has 0 aromatic heterocycles. The second-order valence-electron chi connectivity index (χ2n) is 11.1. The SMILES string of the molecule is COC(=O)c1ccc(NC(=O)CC2C(=O)N(c3ccc(OC)cc3)C(=S)N2CCCN2CCN(Cc3ccccc3)CC2)cc1. The average molecular weight is 630 g/mol. The quantitative estimate of drug-likeness (QED) is 0.236. The highest BCUT2D eigenvalue weighted by atomic mass is 32.1. The molecule has 0 aliphatic carbocycles. The first-order chi connectivity index (χ1) is 21.9. The van der Waals surface area contributed by atoms with Crippen molar-refractivity contribution in [2.45, 2.75) is 25.4 Å². The molecule has 0 radical (unpaired) electrons. The third-order valence-electron chi connectivity index (χ3n) is 8.21. The topological polar surface area (TPSA) is 94.7 Å². The number of amides is 2. The number of nitrogens with one attached hydrogen (secondary N) is 1. The third-order valence-corrected chi connectivity index (χ3v) is 8.62. The second-order valence-corrected chi connectivity index (χ2v) is 11.5. The lowest BCUT2D eigenvalue weighted by Crippen LogP contribution is -2.47. The van der Waals surface area contributed by atoms with Crippen molar-refractivity contribution in [3.8, 4) is 5.75 Å². The summed E-state index contributed by atoms with van der Waals surface area (Å²) < 4.78 is 10.0. The lowest BCUT2D eigenvalue weighted by atomic mass is 10.1. The van der Waals surface area contributed by atoms with Crippen molar-refractivity contribution in [1.82, 2.24) is 14.7 Å². The zero-order chi connectivity index (χ0) is 31.8. The number of hydrogen-bond donors (Lipinski definition) is 1. The van der Waals surface area contributed by atoms with E-state index in [1.807, 2.05) is 11.0 Å². The third kappa shape index (κ3) is 8.05. The van der Waals surface area contributed by atoms with E-state index in [-0.39, 0.29) is 18.2 Å². The van der Waals surface area contributed by atoms with Crippen LogP contribution >= 0.6 is 12.2 Å². The van der Waals surface area contributed by atoms with Gasteiger partial charge in [0.25, 0.3) is 5.91 Å². The summed E-state index contributed by atoms with van der Waals surface area (Å²) in [4.78, 5) is 47.0. The average Bonchev–Trinajstić information content (AvgIpc) is 3.29. The summed E-state index contributed by atoms with van der Waals surface area (Å²) in [5.41, 5.74) is 2.86. The molecule has 236 valence electrons. The monoisotopic (exact) mass is 629 g/mol. The van der Waals surface area contributed by atoms with Crippen molar-refractivity contribution in [2.24, 2.45) is 0 Å². The van der Waals surface area contributed by atoms with E-state index in [1.165, 1.54) is 17.6 Å². The molecule has 0 spiro atoms. The smallest absolute Gasteiger partial charge is 0.337 e. The number of hydrogen-bond acceptors (Lipinski definition) is 8. The molecule has 45 heavy (non-hydrogen) atoms. The van der Waals surface area contributed by atoms with Gasteiger partial charge in [-0.25, -0.2) is 4.79 Å². The Hall–Kier alpha value is -4.32. The minimum absolute atomic E-state index is 0.0669. The molecule has 0 bridgehead atoms. The van der Waals surface area contributed by atoms with Gasteiger partial charge in [0.15, 0.2) is 5.11 Å². The maximum atomic E-state index is 13.8. The van der Waals surface area contributed by atoms with Gasteiger partial charge in [-0.1, -0.05) is 30.3 Å². The minimum atomic E-state index is -0.739. The molecule has 2 saturated heterocycles. The van der Waals surface area contributed by atoms with Crippen LogP contribution in [0.5, 0.6) is 5.75 Å². The van der Waals surface area contributed by atoms with Gasteiger partial charge >= 0.3 is 5.97 Å². The largest absolute Gasteiger partial charge is 0.497 e. The first kappa shape index (κ1) is 32.1. The van der Waals surface area contributed by atoms with Gasteiger partial charge in [-0.15, -0.1) is 0 Å². The van der Waals surface area contributed by atoms with E-state index in [2.05, 4.69) is 39.4 Å². The summed E-state index contributed by atoms with van der Waals surface area (Å²) in [6.07, 6.45) is 0.734. The minimum Gasteiger partial charge on any atom is -0.497 e. The number of benzene rings is 3. The Morgan fingerprint density at radius 3 is 2.18 bits per heavy atom. The zero-order valence-corrected chi connectivity index (χ0v) is 26.5. The van der Waals surface area contributed by atoms with Crippen LogP contribution in [0.4, 0.5) is 11.4 Å². The molecule has 5 rings (SSSR count). The maximum Gasteiger partial charge on any atom is 0.337 e. The van der Waals surface area contributed by atoms with Crippen LogP contribution in [0, 0.1) is 0 Å². The molecule has 1 atom stereocenters. The normalized spacial score (nSPS) is 17.4. The van der Waals surface area contributed by atoms with Crippen LogP contribution in [0.3, 0.4) is 0 Å². The zero-order valence-electron chi connectivity index (χ0n) is 25.7. The molecule has 1 N–H and O–H groups in total. The van der Waals surface area contributed by atoms with Gasteiger partial charge in [0, 0.05) is 45.0 Å². The van der Waals surface area contributed by atoms with E-state index < -0.39 is 12.0 Å². The molecule has 10 nitrogen and oxygen atoms in total. The lowest BCUT2D eigenvalue weighted by Gasteiger charge is -2.35. The van der Waals surface area contributed by atoms with E-state index in [4.69, 9.17) is 21.7 Å². The first-order valence-electron chi connectivity index (χ1n) is 15.1. The van der Waals surface area contributed by atoms with Gasteiger partial charge in [-0.2, -0.15) is 0 Å². The van der Waals surface area contributed by atoms with Gasteiger partial charge in [-0.3, -0.25) is 19.4 Å². The Morgan fingerprint density at radius 1 is 0.867 bits per heavy atom. The van der Waals surface area contributed by atoms with Crippen molar-refractivity contribution in [3.05, 3.63) is 90.0 Å². The fourth-order valence-corrected chi connectivity index (χ4v) is 6.14. The standard InChI is InChI=1S/C34H39N5O5S/c1-43-29-15-13-28(14-16-29)39-32(41)30(23-31(40)35-27-11-9-26(10-12-27)33(42)44-2)38(34(39)45)18-6-17-36-19-21-37(22-20-36)24-25-7-4-3-5-8-25/h3-5,7-16,30H,6,17-24H2,1-2H3,(H,35,40). The second kappa shape index (κ2) is 15.1. The molecule has 11 heteroatoms. The predicted molar refractivity (Wildman–Crippen MR) is 177 cm³/mol. The predicted octanol–water partition coefficient (Wildman–Crippen LogP) is 4.02. The summed E-state index contributed by atoms with van der Waals surface area (Å²) in [5, 5.41) is 3.23. The Morgan fingerprint density at radius 2 is 1.53 bits per heavy atom. The van der Waals surface area contributed by atoms with Gasteiger partial charge in [0.2, 0.25) is 5.91 Å². The van der Waals surface area contributed by atoms with Crippen LogP contribution < -0.4 is 15.0 Å². The maximum absolute atomic E-state index is 13.8. The van der Waals surface area contributed by atoms with Gasteiger partial charge in [0.1, 0.15) is 11.8 Å². The van der Waals surface area contributed by atoms with Gasteiger partial charge in [-0.05, 0) is 79.3 Å². The molecular weight excluding hydrogens is 590 g/mol. The van der Waals surface area contributed by atoms with Crippen molar-refractivity contribution >= 4 is 46.5 Å². The highest BCUT2D eigenvalue weighted by Gasteiger charge is 2.44. The molecule has 2 aliphatic rings. The fourth-order valence-electron chi connectivity index (χ4n) is 5.73. The Bertz CT molecular complexity index is 1480. The van der Waals surface area contributed by atoms with Crippen molar-refractivity contribution in [2.75, 3.05) is 63.7 Å². The van der Waals surface area contributed by atoms with Gasteiger partial charge < -0.3 is 24.6 Å². The summed E-state index contributed by atoms with van der Waals surface area (Å²) in [6.45, 7) is 6.35. The number of esters is 1. The number of rotatable bonds is 12. The van der Waals surface area contributed by atoms with Crippen LogP contribution in [0.25, 0.3) is 0 Å². The van der Waals surface area contributed by atoms with E-state index in [0.29, 0.717) is 34.3 Å². The number of piperazine rings is 1. The molecule has 2 amide bonds. The van der Waals surface area contributed by atoms with Crippen LogP contribution in [0.2, 0.25) is 0 Å². The molecule has 2 heterocycles. The number of ether oxygens (including phenoxy) is 2. The molecule has 3 aromatic rings. The van der Waals surface area contributed by atoms with Crippen LogP contribution in [-0.2, 0) is 20.9 Å². The molecule has 0 saturated carbocycles. The number of thiocarbonyl (C=S) groups is 1. The van der Waals surface area contributed by atoms with Crippen molar-refractivity contribution in [3.63, 3.8) is 0 Å². The van der Waals surface area contributed by atoms with Crippen molar-refractivity contribution < 1.29 is 23.9 Å². The molecular formula is C34H39N5O5S. The molecule has 2 fully saturated rings. The number of methoxy groups -OCH3 is 2. The number of carbonyl (C=O) groups excluding carboxylic acids is 3. The highest BCUT2D eigenvalue weighted by molar-refractivity contribution is 7.80. The Labute approximate surface area is 269 Å². The lowest BCUT2D eigenvalue weighted by molar-refractivity contribution is -0.124. The van der Waals surface area contributed by atoms with Crippen LogP contribution in [0.15, 0.2) is 78.9 Å². The fraction of sp³-hybridized carbons (Fsp3) is 0.353. The van der Waals surface area contributed by atoms with Crippen LogP contribution in [-0.4, -0.2) is 97.1 Å². The number of nitrogens with zero attached hydrogens (tertiary/aromatic N) is 4. The summed E-state index contributed by atoms with van der Waals surface area (Å²) in [5.74, 6) is -0.346. The molecule has 2 aliphatic heterocycles. The highest BCUT2D eigenvalue weighted by Crippen LogP contribution is 2.29. The number of carbonyl (C=O) groups is 3. The van der Waals surface area contributed by atoms with E-state index in [0.717, 1.165) is 45.7 Å². The van der Waals surface area contributed by atoms with E-state index >= 15 is 0 Å². The number of anilines is 2. The van der Waals surface area contributed by atoms with Crippen LogP contribution in [0.1, 0.15) is 28.8 Å². The summed E-state index contributed by atoms with van der Waals surface area (Å²) >= 11 is 5.84. The van der Waals surface area contributed by atoms with E-state index in [9.17, 15) is 14.4 Å². The summed E-state index contributed by atoms with van der Waals surface area (Å²) in [7, 11) is 2.90. The first-order valence-corrected chi connectivity index (χ1v) is 15.5. The van der Waals surface area contributed by atoms with Gasteiger partial charge in [0.05, 0.1) is 31.9 Å². The van der Waals surface area contributed by atoms with Crippen molar-refractivity contribution in [1.29, 1.82) is 0 Å². The van der Waals surface area contributed by atoms with E-state index in [1.54, 1.807) is 55.6 Å². The molecule has 3 aromatic carbocycles.